The predicted molar refractivity (Wildman–Crippen MR) is 114 cm³/mol. The van der Waals surface area contributed by atoms with Gasteiger partial charge in [-0.05, 0) is 18.9 Å². The van der Waals surface area contributed by atoms with Crippen LogP contribution in [-0.4, -0.2) is 52.0 Å². The molecule has 1 aromatic carbocycles. The van der Waals surface area contributed by atoms with E-state index in [4.69, 9.17) is 5.73 Å². The van der Waals surface area contributed by atoms with Crippen molar-refractivity contribution in [1.82, 2.24) is 24.0 Å². The van der Waals surface area contributed by atoms with Crippen molar-refractivity contribution in [3.63, 3.8) is 0 Å². The minimum absolute atomic E-state index is 0.0237. The zero-order valence-electron chi connectivity index (χ0n) is 17.0. The van der Waals surface area contributed by atoms with Crippen molar-refractivity contribution in [3.05, 3.63) is 52.2 Å². The van der Waals surface area contributed by atoms with Gasteiger partial charge < -0.3 is 10.6 Å². The van der Waals surface area contributed by atoms with Crippen LogP contribution in [0.25, 0.3) is 11.2 Å². The summed E-state index contributed by atoms with van der Waals surface area (Å²) in [5.41, 5.74) is 6.48. The molecule has 1 atom stereocenters. The quantitative estimate of drug-likeness (QED) is 0.559. The monoisotopic (exact) mass is 432 g/mol. The van der Waals surface area contributed by atoms with E-state index in [1.165, 1.54) is 16.4 Å². The van der Waals surface area contributed by atoms with Crippen molar-refractivity contribution >= 4 is 33.7 Å². The summed E-state index contributed by atoms with van der Waals surface area (Å²) in [7, 11) is -1.25. The van der Waals surface area contributed by atoms with Crippen LogP contribution in [0.4, 0.5) is 10.6 Å². The molecule has 1 unspecified atom stereocenters. The van der Waals surface area contributed by atoms with Gasteiger partial charge in [-0.2, -0.15) is 0 Å². The Hall–Kier alpha value is -3.21. The molecule has 2 aromatic heterocycles. The van der Waals surface area contributed by atoms with Gasteiger partial charge in [0, 0.05) is 13.6 Å². The average molecular weight is 433 g/mol. The third-order valence-corrected chi connectivity index (χ3v) is 5.62. The molecule has 11 heteroatoms. The third kappa shape index (κ3) is 3.92. The minimum atomic E-state index is -2.84. The zero-order chi connectivity index (χ0) is 22.0. The number of benzene rings is 1. The van der Waals surface area contributed by atoms with E-state index in [1.54, 1.807) is 7.05 Å². The maximum atomic E-state index is 13.2. The molecule has 0 aliphatic carbocycles. The number of carbonyl (C=O) groups excluding carboxylic acids is 1. The number of aromatic nitrogens is 4. The van der Waals surface area contributed by atoms with Crippen LogP contribution in [0.2, 0.25) is 0 Å². The van der Waals surface area contributed by atoms with Gasteiger partial charge in [-0.25, -0.2) is 32.5 Å². The summed E-state index contributed by atoms with van der Waals surface area (Å²) < 4.78 is 25.2. The fourth-order valence-electron chi connectivity index (χ4n) is 3.16. The molecule has 1 amide bonds. The summed E-state index contributed by atoms with van der Waals surface area (Å²) in [6.07, 6.45) is 0.712. The first-order chi connectivity index (χ1) is 14.3. The Kier molecular flexibility index (Phi) is 6.20. The summed E-state index contributed by atoms with van der Waals surface area (Å²) in [6.45, 7) is 3.94. The highest BCUT2D eigenvalue weighted by Crippen LogP contribution is 2.22. The zero-order valence-corrected chi connectivity index (χ0v) is 17.9. The molecular formula is C19H24N6O4S. The first-order valence-corrected chi connectivity index (χ1v) is 10.7. The number of nitrogens with two attached hydrogens (primary N) is 1. The molecule has 0 saturated carbocycles. The molecular weight excluding hydrogens is 408 g/mol. The highest BCUT2D eigenvalue weighted by atomic mass is 32.2. The number of carbonyl (C=O) groups is 1. The number of hydrogen-bond acceptors (Lipinski definition) is 7. The van der Waals surface area contributed by atoms with E-state index in [-0.39, 0.29) is 29.4 Å². The standard InChI is InChI=1S/C19H24N6O4S/c1-4-10-23(3)18(26)25-14-15(20)21-16(12(2)30(28)29)22-17(14)24(19(25)27)11-13-8-6-5-7-9-13/h5-9,12,30H,4,10-11H2,1-3H3,(H2,20,21,22). The molecule has 0 aliphatic heterocycles. The molecule has 0 bridgehead atoms. The maximum absolute atomic E-state index is 13.2. The lowest BCUT2D eigenvalue weighted by molar-refractivity contribution is 0.210. The molecule has 3 aromatic rings. The number of rotatable bonds is 6. The van der Waals surface area contributed by atoms with Gasteiger partial charge >= 0.3 is 11.7 Å². The molecule has 10 nitrogen and oxygen atoms in total. The highest BCUT2D eigenvalue weighted by Gasteiger charge is 2.26. The topological polar surface area (TPSA) is 133 Å². The second kappa shape index (κ2) is 8.66. The van der Waals surface area contributed by atoms with Crippen LogP contribution in [0, 0.1) is 0 Å². The van der Waals surface area contributed by atoms with Crippen LogP contribution in [-0.2, 0) is 17.2 Å². The summed E-state index contributed by atoms with van der Waals surface area (Å²) >= 11 is 0. The first kappa shape index (κ1) is 21.5. The Morgan fingerprint density at radius 3 is 2.50 bits per heavy atom. The first-order valence-electron chi connectivity index (χ1n) is 9.47. The highest BCUT2D eigenvalue weighted by molar-refractivity contribution is 7.72. The number of amides is 1. The van der Waals surface area contributed by atoms with Crippen molar-refractivity contribution in [1.29, 1.82) is 0 Å². The molecule has 30 heavy (non-hydrogen) atoms. The number of fused-ring (bicyclic) bond motifs is 1. The van der Waals surface area contributed by atoms with E-state index < -0.39 is 27.7 Å². The molecule has 0 spiro atoms. The third-order valence-electron chi connectivity index (χ3n) is 4.76. The van der Waals surface area contributed by atoms with Crippen molar-refractivity contribution in [2.75, 3.05) is 19.3 Å². The lowest BCUT2D eigenvalue weighted by Crippen LogP contribution is -2.38. The molecule has 0 fully saturated rings. The predicted octanol–water partition coefficient (Wildman–Crippen LogP) is 1.21. The molecule has 0 radical (unpaired) electrons. The van der Waals surface area contributed by atoms with E-state index in [2.05, 4.69) is 9.97 Å². The van der Waals surface area contributed by atoms with Crippen LogP contribution in [0.1, 0.15) is 36.9 Å². The van der Waals surface area contributed by atoms with Crippen LogP contribution >= 0.6 is 0 Å². The molecule has 3 rings (SSSR count). The number of anilines is 1. The van der Waals surface area contributed by atoms with Gasteiger partial charge in [-0.3, -0.25) is 4.57 Å². The summed E-state index contributed by atoms with van der Waals surface area (Å²) in [5.74, 6) is -0.148. The lowest BCUT2D eigenvalue weighted by atomic mass is 10.2. The van der Waals surface area contributed by atoms with E-state index in [1.807, 2.05) is 37.3 Å². The number of nitrogen functional groups attached to an aromatic ring is 1. The SMILES string of the molecule is CCCN(C)C(=O)n1c(=O)n(Cc2ccccc2)c2nc(C(C)[SH](=O)=O)nc(N)c21. The number of imidazole rings is 1. The minimum Gasteiger partial charge on any atom is -0.382 e. The molecule has 2 heterocycles. The fraction of sp³-hybridized carbons (Fsp3) is 0.368. The largest absolute Gasteiger partial charge is 0.382 e. The lowest BCUT2D eigenvalue weighted by Gasteiger charge is -2.16. The van der Waals surface area contributed by atoms with E-state index >= 15 is 0 Å². The van der Waals surface area contributed by atoms with Gasteiger partial charge in [0.25, 0.3) is 0 Å². The van der Waals surface area contributed by atoms with Crippen LogP contribution in [0.15, 0.2) is 35.1 Å². The Morgan fingerprint density at radius 1 is 1.23 bits per heavy atom. The molecule has 160 valence electrons. The normalized spacial score (nSPS) is 12.4. The summed E-state index contributed by atoms with van der Waals surface area (Å²) in [4.78, 5) is 36.0. The Balaban J connectivity index is 2.30. The maximum Gasteiger partial charge on any atom is 0.339 e. The second-order valence-electron chi connectivity index (χ2n) is 6.99. The van der Waals surface area contributed by atoms with Gasteiger partial charge in [0.05, 0.1) is 6.54 Å². The number of thiol groups is 1. The van der Waals surface area contributed by atoms with Gasteiger partial charge in [0.2, 0.25) is 0 Å². The Morgan fingerprint density at radius 2 is 1.90 bits per heavy atom. The van der Waals surface area contributed by atoms with E-state index in [9.17, 15) is 18.0 Å². The van der Waals surface area contributed by atoms with Gasteiger partial charge in [-0.1, -0.05) is 37.3 Å². The molecule has 0 aliphatic rings. The Labute approximate surface area is 174 Å². The second-order valence-corrected chi connectivity index (χ2v) is 8.34. The fourth-order valence-corrected chi connectivity index (χ4v) is 3.46. The Bertz CT molecular complexity index is 1210. The van der Waals surface area contributed by atoms with Crippen LogP contribution < -0.4 is 11.4 Å². The van der Waals surface area contributed by atoms with E-state index in [0.717, 1.165) is 10.1 Å². The molecule has 2 N–H and O–H groups in total. The van der Waals surface area contributed by atoms with Crippen molar-refractivity contribution in [3.8, 4) is 0 Å². The smallest absolute Gasteiger partial charge is 0.339 e. The van der Waals surface area contributed by atoms with Crippen LogP contribution in [0.3, 0.4) is 0 Å². The van der Waals surface area contributed by atoms with Crippen molar-refractivity contribution < 1.29 is 13.2 Å². The summed E-state index contributed by atoms with van der Waals surface area (Å²) in [6, 6.07) is 8.64. The molecule has 0 saturated heterocycles. The average Bonchev–Trinajstić information content (AvgIpc) is 3.00. The summed E-state index contributed by atoms with van der Waals surface area (Å²) in [5, 5.41) is -0.992. The van der Waals surface area contributed by atoms with E-state index in [0.29, 0.717) is 13.0 Å². The van der Waals surface area contributed by atoms with Gasteiger partial charge in [-0.15, -0.1) is 0 Å². The number of hydrogen-bond donors (Lipinski definition) is 2. The van der Waals surface area contributed by atoms with Crippen molar-refractivity contribution in [2.45, 2.75) is 32.1 Å². The van der Waals surface area contributed by atoms with Gasteiger partial charge in [0.15, 0.2) is 17.3 Å². The van der Waals surface area contributed by atoms with Crippen LogP contribution in [0.5, 0.6) is 0 Å². The van der Waals surface area contributed by atoms with Crippen molar-refractivity contribution in [2.24, 2.45) is 0 Å². The number of nitrogens with zero attached hydrogens (tertiary/aromatic N) is 5. The van der Waals surface area contributed by atoms with Gasteiger partial charge in [0.1, 0.15) is 21.5 Å².